The number of phenolic OH excluding ortho intramolecular Hbond substituents is 10. The topological polar surface area (TPSA) is 339 Å². The molecule has 19 heteroatoms. The maximum absolute atomic E-state index is 13.8. The van der Waals surface area contributed by atoms with E-state index in [1.807, 2.05) is 0 Å². The van der Waals surface area contributed by atoms with Gasteiger partial charge in [-0.05, 0) is 59.8 Å². The number of aliphatic hydroxyl groups is 1. The minimum atomic E-state index is -1.58. The van der Waals surface area contributed by atoms with Gasteiger partial charge in [-0.1, -0.05) is 0 Å². The summed E-state index contributed by atoms with van der Waals surface area (Å²) in [6.45, 7) is 0. The van der Waals surface area contributed by atoms with E-state index < -0.39 is 134 Å². The third-order valence-corrected chi connectivity index (χ3v) is 11.4. The molecule has 2 aliphatic heterocycles. The zero-order valence-corrected chi connectivity index (χ0v) is 32.3. The number of rotatable bonds is 7. The number of aromatic hydroxyl groups is 11. The molecule has 12 N–H and O–H groups in total. The average molecular weight is 869 g/mol. The van der Waals surface area contributed by atoms with Crippen LogP contribution < -0.4 is 10.2 Å². The van der Waals surface area contributed by atoms with Crippen molar-refractivity contribution < 1.29 is 89.9 Å². The zero-order valence-electron chi connectivity index (χ0n) is 32.3. The van der Waals surface area contributed by atoms with Crippen molar-refractivity contribution in [3.8, 4) is 69.0 Å². The Labute approximate surface area is 353 Å². The van der Waals surface area contributed by atoms with Crippen molar-refractivity contribution in [1.82, 2.24) is 0 Å². The van der Waals surface area contributed by atoms with E-state index in [-0.39, 0.29) is 70.4 Å². The average Bonchev–Trinajstić information content (AvgIpc) is 3.35. The lowest BCUT2D eigenvalue weighted by Crippen LogP contribution is -2.35. The molecular formula is C44H36O19. The Hall–Kier alpha value is -8.06. The van der Waals surface area contributed by atoms with Crippen molar-refractivity contribution >= 4 is 28.3 Å². The van der Waals surface area contributed by atoms with Crippen molar-refractivity contribution in [1.29, 1.82) is 0 Å². The molecular weight excluding hydrogens is 832 g/mol. The number of aliphatic hydroxyl groups excluding tert-OH is 1. The molecule has 5 aromatic rings. The molecule has 8 rings (SSSR count). The van der Waals surface area contributed by atoms with Gasteiger partial charge in [-0.2, -0.15) is 0 Å². The second-order valence-corrected chi connectivity index (χ2v) is 15.5. The quantitative estimate of drug-likeness (QED) is 0.0619. The molecule has 4 unspecified atom stereocenters. The summed E-state index contributed by atoms with van der Waals surface area (Å²) in [5.74, 6) is -12.5. The molecule has 0 saturated carbocycles. The largest absolute Gasteiger partial charge is 0.508 e. The number of esters is 1. The number of ether oxygens (including phenoxy) is 3. The fourth-order valence-corrected chi connectivity index (χ4v) is 8.31. The highest BCUT2D eigenvalue weighted by molar-refractivity contribution is 5.99. The monoisotopic (exact) mass is 868 g/mol. The van der Waals surface area contributed by atoms with Gasteiger partial charge in [-0.25, -0.2) is 4.79 Å². The van der Waals surface area contributed by atoms with Gasteiger partial charge in [0.05, 0.1) is 23.5 Å². The number of hydrogen-bond donors (Lipinski definition) is 12. The SMILES string of the molecule is O=C1CC2=C(CC(CC(=O)c3cc(O)c(O)c(O)c3)C(c3cc(O)c(O)c4c(O)c(=O)cc(C5Oc6cc(O)cc(O)c6C[C@H]5OC(=O)c5cc(O)c(O)c(O)c5)cc34)O2)C(O)C1. The van der Waals surface area contributed by atoms with E-state index in [1.54, 1.807) is 0 Å². The number of fused-ring (bicyclic) bond motifs is 2. The van der Waals surface area contributed by atoms with Crippen LogP contribution in [0.15, 0.2) is 70.7 Å². The molecule has 19 nitrogen and oxygen atoms in total. The predicted molar refractivity (Wildman–Crippen MR) is 212 cm³/mol. The Morgan fingerprint density at radius 2 is 1.25 bits per heavy atom. The number of ketones is 2. The third kappa shape index (κ3) is 7.43. The summed E-state index contributed by atoms with van der Waals surface area (Å²) in [5.41, 5.74) is -1.85. The summed E-state index contributed by atoms with van der Waals surface area (Å²) < 4.78 is 18.3. The normalized spacial score (nSPS) is 20.6. The van der Waals surface area contributed by atoms with Gasteiger partial charge in [0.15, 0.2) is 63.6 Å². The van der Waals surface area contributed by atoms with Gasteiger partial charge < -0.3 is 75.5 Å². The minimum absolute atomic E-state index is 0.0311. The maximum atomic E-state index is 13.8. The van der Waals surface area contributed by atoms with Crippen molar-refractivity contribution in [2.24, 2.45) is 5.92 Å². The van der Waals surface area contributed by atoms with Crippen molar-refractivity contribution in [2.75, 3.05) is 0 Å². The van der Waals surface area contributed by atoms with Gasteiger partial charge >= 0.3 is 5.97 Å². The highest BCUT2D eigenvalue weighted by Gasteiger charge is 2.42. The molecule has 0 spiro atoms. The third-order valence-electron chi connectivity index (χ3n) is 11.4. The molecule has 326 valence electrons. The van der Waals surface area contributed by atoms with Crippen LogP contribution in [0.25, 0.3) is 10.8 Å². The van der Waals surface area contributed by atoms with Crippen LogP contribution in [0.1, 0.15) is 75.3 Å². The molecule has 0 amide bonds. The summed E-state index contributed by atoms with van der Waals surface area (Å²) in [5, 5.41) is 125. The van der Waals surface area contributed by atoms with E-state index in [4.69, 9.17) is 14.2 Å². The Morgan fingerprint density at radius 3 is 1.90 bits per heavy atom. The van der Waals surface area contributed by atoms with Crippen LogP contribution in [0.3, 0.4) is 0 Å². The lowest BCUT2D eigenvalue weighted by molar-refractivity contribution is -0.122. The number of allylic oxidation sites excluding steroid dienone is 1. The Kier molecular flexibility index (Phi) is 10.2. The van der Waals surface area contributed by atoms with Crippen LogP contribution >= 0.6 is 0 Å². The molecule has 0 fully saturated rings. The van der Waals surface area contributed by atoms with Gasteiger partial charge in [0.25, 0.3) is 0 Å². The molecule has 0 aromatic heterocycles. The molecule has 5 aromatic carbocycles. The van der Waals surface area contributed by atoms with Gasteiger partial charge in [0.2, 0.25) is 5.43 Å². The summed E-state index contributed by atoms with van der Waals surface area (Å²) >= 11 is 0. The first-order chi connectivity index (χ1) is 29.8. The van der Waals surface area contributed by atoms with Crippen molar-refractivity contribution in [3.05, 3.63) is 104 Å². The van der Waals surface area contributed by atoms with Crippen LogP contribution in [0.2, 0.25) is 0 Å². The maximum Gasteiger partial charge on any atom is 0.338 e. The first kappa shape index (κ1) is 41.7. The van der Waals surface area contributed by atoms with Crippen LogP contribution in [0.4, 0.5) is 0 Å². The molecule has 0 saturated heterocycles. The van der Waals surface area contributed by atoms with Crippen LogP contribution in [-0.4, -0.2) is 91.0 Å². The fraction of sp³-hybridized carbons (Fsp3) is 0.227. The van der Waals surface area contributed by atoms with E-state index in [9.17, 15) is 80.5 Å². The number of phenols is 10. The van der Waals surface area contributed by atoms with Crippen LogP contribution in [0.5, 0.6) is 69.0 Å². The van der Waals surface area contributed by atoms with E-state index in [0.29, 0.717) is 0 Å². The van der Waals surface area contributed by atoms with Crippen molar-refractivity contribution in [2.45, 2.75) is 56.5 Å². The molecule has 2 heterocycles. The van der Waals surface area contributed by atoms with Gasteiger partial charge in [0, 0.05) is 59.6 Å². The number of benzene rings is 4. The molecule has 0 radical (unpaired) electrons. The first-order valence-corrected chi connectivity index (χ1v) is 19.1. The lowest BCUT2D eigenvalue weighted by Gasteiger charge is -2.39. The smallest absolute Gasteiger partial charge is 0.338 e. The van der Waals surface area contributed by atoms with Crippen LogP contribution in [0, 0.1) is 5.92 Å². The second kappa shape index (κ2) is 15.4. The minimum Gasteiger partial charge on any atom is -0.508 e. The summed E-state index contributed by atoms with van der Waals surface area (Å²) in [6, 6.07) is 8.61. The van der Waals surface area contributed by atoms with Crippen LogP contribution in [-0.2, 0) is 20.7 Å². The number of carbonyl (C=O) groups is 3. The summed E-state index contributed by atoms with van der Waals surface area (Å²) in [6.07, 6.45) is -7.27. The second-order valence-electron chi connectivity index (χ2n) is 15.5. The predicted octanol–water partition coefficient (Wildman–Crippen LogP) is 4.19. The number of Topliss-reactive ketones (excluding diaryl/α,β-unsaturated/α-hetero) is 2. The standard InChI is InChI=1S/C44H36O19/c45-19-9-26(48)23-2-16(5-25(47)15-3-28(50)38(56)29(51)4-15)42(61-34(23)11-19)22-13-33(55)41(59)37-21(22)1-17(6-32(54)40(37)58)43-36(14-24-27(49)10-20(46)12-35(24)62-43)63-44(60)18-7-30(52)39(57)31(53)8-18/h1,3-4,6-8,10,12-13,16,26,36,42-43,46,48-53,55-57,59H,2,5,9,11,14H2,(H,54,58)/t16?,26?,36-,42?,43?/m1/s1. The molecule has 3 aliphatic rings. The fourth-order valence-electron chi connectivity index (χ4n) is 8.31. The Morgan fingerprint density at radius 1 is 0.635 bits per heavy atom. The van der Waals surface area contributed by atoms with E-state index in [1.165, 1.54) is 6.07 Å². The van der Waals surface area contributed by atoms with Gasteiger partial charge in [-0.15, -0.1) is 0 Å². The van der Waals surface area contributed by atoms with E-state index in [0.717, 1.165) is 48.5 Å². The van der Waals surface area contributed by atoms with E-state index >= 15 is 0 Å². The zero-order chi connectivity index (χ0) is 45.3. The lowest BCUT2D eigenvalue weighted by atomic mass is 9.77. The Bertz CT molecular complexity index is 2850. The summed E-state index contributed by atoms with van der Waals surface area (Å²) in [4.78, 5) is 53.9. The highest BCUT2D eigenvalue weighted by Crippen LogP contribution is 2.51. The van der Waals surface area contributed by atoms with E-state index in [2.05, 4.69) is 0 Å². The first-order valence-electron chi connectivity index (χ1n) is 19.1. The van der Waals surface area contributed by atoms with Gasteiger partial charge in [0.1, 0.15) is 41.0 Å². The molecule has 63 heavy (non-hydrogen) atoms. The summed E-state index contributed by atoms with van der Waals surface area (Å²) in [7, 11) is 0. The number of hydrogen-bond acceptors (Lipinski definition) is 19. The highest BCUT2D eigenvalue weighted by atomic mass is 16.6. The molecule has 0 bridgehead atoms. The van der Waals surface area contributed by atoms with Gasteiger partial charge in [-0.3, -0.25) is 14.4 Å². The molecule has 1 aliphatic carbocycles. The van der Waals surface area contributed by atoms with Crippen molar-refractivity contribution in [3.63, 3.8) is 0 Å². The Balaban J connectivity index is 1.30. The number of carbonyl (C=O) groups excluding carboxylic acids is 3. The molecule has 5 atom stereocenters.